The Morgan fingerprint density at radius 3 is 1.36 bits per heavy atom. The number of anilines is 2. The summed E-state index contributed by atoms with van der Waals surface area (Å²) in [5, 5.41) is 7.12. The lowest BCUT2D eigenvalue weighted by Crippen LogP contribution is -2.53. The normalized spacial score (nSPS) is 21.0. The molecule has 4 fully saturated rings. The van der Waals surface area contributed by atoms with E-state index in [1.54, 1.807) is 0 Å². The van der Waals surface area contributed by atoms with Crippen molar-refractivity contribution < 1.29 is 9.47 Å². The van der Waals surface area contributed by atoms with Crippen molar-refractivity contribution in [2.75, 3.05) is 115 Å². The number of para-hydroxylation sites is 4. The summed E-state index contributed by atoms with van der Waals surface area (Å²) in [5.74, 6) is 2.05. The van der Waals surface area contributed by atoms with E-state index >= 15 is 0 Å². The van der Waals surface area contributed by atoms with Crippen molar-refractivity contribution >= 4 is 33.4 Å². The number of rotatable bonds is 8. The van der Waals surface area contributed by atoms with Crippen LogP contribution in [0.3, 0.4) is 0 Å². The highest BCUT2D eigenvalue weighted by atomic mass is 16.5. The SMILES string of the molecule is Cn1c(-c2cccc(N3CCN(CC4COCCN4)CC3)c2)nc2ccccc21.Cn1c(-c2cccc(N3CCN(CC4COCCN4)CC3)c2)nc2ccccc21. The van der Waals surface area contributed by atoms with Crippen LogP contribution in [-0.4, -0.2) is 146 Å². The highest BCUT2D eigenvalue weighted by Crippen LogP contribution is 2.29. The zero-order valence-corrected chi connectivity index (χ0v) is 34.1. The first kappa shape index (κ1) is 38.7. The molecule has 12 heteroatoms. The number of hydrogen-bond donors (Lipinski definition) is 2. The molecular weight excluding hydrogens is 725 g/mol. The molecule has 0 amide bonds. The van der Waals surface area contributed by atoms with E-state index in [-0.39, 0.29) is 0 Å². The van der Waals surface area contributed by atoms with Gasteiger partial charge in [0.15, 0.2) is 0 Å². The minimum absolute atomic E-state index is 0.469. The first-order chi connectivity index (χ1) is 28.6. The maximum atomic E-state index is 5.59. The molecule has 6 aromatic rings. The molecule has 4 aliphatic rings. The third kappa shape index (κ3) is 8.78. The van der Waals surface area contributed by atoms with Crippen LogP contribution in [0.1, 0.15) is 0 Å². The fourth-order valence-corrected chi connectivity index (χ4v) is 8.97. The molecule has 2 atom stereocenters. The van der Waals surface area contributed by atoms with Gasteiger partial charge in [-0.2, -0.15) is 0 Å². The Bertz CT molecular complexity index is 2100. The molecule has 2 N–H and O–H groups in total. The average Bonchev–Trinajstić information content (AvgIpc) is 3.81. The molecule has 10 rings (SSSR count). The number of nitrogens with zero attached hydrogens (tertiary/aromatic N) is 8. The van der Waals surface area contributed by atoms with E-state index in [2.05, 4.69) is 138 Å². The van der Waals surface area contributed by atoms with Gasteiger partial charge in [-0.25, -0.2) is 9.97 Å². The van der Waals surface area contributed by atoms with E-state index in [4.69, 9.17) is 19.4 Å². The van der Waals surface area contributed by atoms with E-state index in [9.17, 15) is 0 Å². The zero-order chi connectivity index (χ0) is 39.3. The molecular formula is C46H58N10O2. The largest absolute Gasteiger partial charge is 0.378 e. The summed E-state index contributed by atoms with van der Waals surface area (Å²) in [6.07, 6.45) is 0. The van der Waals surface area contributed by atoms with Gasteiger partial charge in [-0.1, -0.05) is 48.5 Å². The number of piperazine rings is 2. The Morgan fingerprint density at radius 2 is 0.966 bits per heavy atom. The molecule has 0 radical (unpaired) electrons. The minimum Gasteiger partial charge on any atom is -0.378 e. The molecule has 0 saturated carbocycles. The molecule has 4 aromatic carbocycles. The molecule has 0 spiro atoms. The molecule has 2 aromatic heterocycles. The third-order valence-corrected chi connectivity index (χ3v) is 12.2. The maximum Gasteiger partial charge on any atom is 0.140 e. The molecule has 304 valence electrons. The number of fused-ring (bicyclic) bond motifs is 2. The quantitative estimate of drug-likeness (QED) is 0.227. The molecule has 0 bridgehead atoms. The van der Waals surface area contributed by atoms with E-state index in [1.165, 1.54) is 33.5 Å². The van der Waals surface area contributed by atoms with Gasteiger partial charge in [-0.05, 0) is 48.5 Å². The van der Waals surface area contributed by atoms with Gasteiger partial charge in [0.05, 0.1) is 48.5 Å². The summed E-state index contributed by atoms with van der Waals surface area (Å²) in [4.78, 5) is 19.8. The van der Waals surface area contributed by atoms with Crippen LogP contribution in [0.2, 0.25) is 0 Å². The summed E-state index contributed by atoms with van der Waals surface area (Å²) in [7, 11) is 4.19. The van der Waals surface area contributed by atoms with Gasteiger partial charge in [-0.15, -0.1) is 0 Å². The lowest BCUT2D eigenvalue weighted by molar-refractivity contribution is 0.0610. The lowest BCUT2D eigenvalue weighted by Gasteiger charge is -2.38. The molecule has 6 heterocycles. The zero-order valence-electron chi connectivity index (χ0n) is 34.1. The highest BCUT2D eigenvalue weighted by Gasteiger charge is 2.24. The number of hydrogen-bond acceptors (Lipinski definition) is 10. The van der Waals surface area contributed by atoms with Gasteiger partial charge in [-0.3, -0.25) is 9.80 Å². The summed E-state index contributed by atoms with van der Waals surface area (Å²) >= 11 is 0. The van der Waals surface area contributed by atoms with Crippen molar-refractivity contribution in [2.24, 2.45) is 14.1 Å². The Hall–Kier alpha value is -4.82. The smallest absolute Gasteiger partial charge is 0.140 e. The Labute approximate surface area is 342 Å². The Kier molecular flexibility index (Phi) is 12.0. The van der Waals surface area contributed by atoms with Gasteiger partial charge in [0.2, 0.25) is 0 Å². The Morgan fingerprint density at radius 1 is 0.534 bits per heavy atom. The number of ether oxygens (including phenoxy) is 2. The predicted octanol–water partition coefficient (Wildman–Crippen LogP) is 4.70. The number of nitrogens with one attached hydrogen (secondary N) is 2. The molecule has 2 unspecified atom stereocenters. The van der Waals surface area contributed by atoms with Crippen molar-refractivity contribution in [1.29, 1.82) is 0 Å². The highest BCUT2D eigenvalue weighted by molar-refractivity contribution is 5.82. The second-order valence-corrected chi connectivity index (χ2v) is 16.1. The van der Waals surface area contributed by atoms with E-state index in [1.807, 2.05) is 12.1 Å². The number of imidazole rings is 2. The number of aryl methyl sites for hydroxylation is 2. The number of aromatic nitrogens is 4. The van der Waals surface area contributed by atoms with Crippen molar-refractivity contribution in [3.63, 3.8) is 0 Å². The second kappa shape index (κ2) is 18.0. The van der Waals surface area contributed by atoms with E-state index in [0.717, 1.165) is 128 Å². The van der Waals surface area contributed by atoms with Crippen LogP contribution < -0.4 is 20.4 Å². The fraction of sp³-hybridized carbons (Fsp3) is 0.435. The van der Waals surface area contributed by atoms with Gasteiger partial charge < -0.3 is 39.0 Å². The van der Waals surface area contributed by atoms with Crippen molar-refractivity contribution in [1.82, 2.24) is 39.5 Å². The summed E-state index contributed by atoms with van der Waals surface area (Å²) in [6, 6.07) is 35.2. The summed E-state index contributed by atoms with van der Waals surface area (Å²) < 4.78 is 15.6. The first-order valence-corrected chi connectivity index (χ1v) is 21.2. The van der Waals surface area contributed by atoms with Crippen LogP contribution in [0.4, 0.5) is 11.4 Å². The van der Waals surface area contributed by atoms with Gasteiger partial charge >= 0.3 is 0 Å². The average molecular weight is 783 g/mol. The minimum atomic E-state index is 0.469. The molecule has 4 saturated heterocycles. The summed E-state index contributed by atoms with van der Waals surface area (Å²) in [6.45, 7) is 16.0. The van der Waals surface area contributed by atoms with Crippen molar-refractivity contribution in [3.8, 4) is 22.8 Å². The summed E-state index contributed by atoms with van der Waals surface area (Å²) in [5.41, 5.74) is 9.35. The molecule has 4 aliphatic heterocycles. The topological polar surface area (TPSA) is 91.1 Å². The molecule has 0 aliphatic carbocycles. The van der Waals surface area contributed by atoms with Crippen LogP contribution in [0.25, 0.3) is 44.8 Å². The standard InChI is InChI=1S/2C23H29N5O/c2*1-26-22-8-3-2-7-21(22)25-23(26)18-5-4-6-20(15-18)28-12-10-27(11-13-28)16-19-17-29-14-9-24-19/h2*2-8,15,19,24H,9-14,16-17H2,1H3. The lowest BCUT2D eigenvalue weighted by atomic mass is 10.1. The third-order valence-electron chi connectivity index (χ3n) is 12.2. The maximum absolute atomic E-state index is 5.59. The van der Waals surface area contributed by atoms with Gasteiger partial charge in [0.1, 0.15) is 11.6 Å². The molecule has 58 heavy (non-hydrogen) atoms. The molecule has 12 nitrogen and oxygen atoms in total. The second-order valence-electron chi connectivity index (χ2n) is 16.1. The first-order valence-electron chi connectivity index (χ1n) is 21.2. The van der Waals surface area contributed by atoms with Crippen LogP contribution >= 0.6 is 0 Å². The Balaban J connectivity index is 0.000000150. The number of benzene rings is 4. The van der Waals surface area contributed by atoms with E-state index < -0.39 is 0 Å². The number of morpholine rings is 2. The van der Waals surface area contributed by atoms with E-state index in [0.29, 0.717) is 12.1 Å². The van der Waals surface area contributed by atoms with Crippen LogP contribution in [-0.2, 0) is 23.6 Å². The van der Waals surface area contributed by atoms with Gasteiger partial charge in [0.25, 0.3) is 0 Å². The monoisotopic (exact) mass is 782 g/mol. The van der Waals surface area contributed by atoms with Gasteiger partial charge in [0, 0.05) is 127 Å². The van der Waals surface area contributed by atoms with Crippen molar-refractivity contribution in [2.45, 2.75) is 12.1 Å². The predicted molar refractivity (Wildman–Crippen MR) is 235 cm³/mol. The van der Waals surface area contributed by atoms with Crippen molar-refractivity contribution in [3.05, 3.63) is 97.1 Å². The fourth-order valence-electron chi connectivity index (χ4n) is 8.97. The van der Waals surface area contributed by atoms with Crippen LogP contribution in [0.15, 0.2) is 97.1 Å². The van der Waals surface area contributed by atoms with Crippen LogP contribution in [0.5, 0.6) is 0 Å². The van der Waals surface area contributed by atoms with Crippen LogP contribution in [0, 0.1) is 0 Å².